The first-order chi connectivity index (χ1) is 12.4. The molecule has 0 bridgehead atoms. The van der Waals surface area contributed by atoms with Crippen LogP contribution in [0.15, 0.2) is 42.5 Å². The highest BCUT2D eigenvalue weighted by atomic mass is 16.5. The van der Waals surface area contributed by atoms with Gasteiger partial charge >= 0.3 is 5.97 Å². The summed E-state index contributed by atoms with van der Waals surface area (Å²) in [5.41, 5.74) is 1.31. The Labute approximate surface area is 152 Å². The SMILES string of the molecule is COC(=O)CC(=O)Nc1ccc(Oc2ccc(O)c(CN(C)C)c2)cc1. The molecule has 26 heavy (non-hydrogen) atoms. The number of hydrogen-bond acceptors (Lipinski definition) is 6. The zero-order chi connectivity index (χ0) is 19.1. The molecule has 0 unspecified atom stereocenters. The molecule has 0 atom stereocenters. The summed E-state index contributed by atoms with van der Waals surface area (Å²) in [4.78, 5) is 24.7. The molecule has 0 aliphatic heterocycles. The largest absolute Gasteiger partial charge is 0.508 e. The van der Waals surface area contributed by atoms with Gasteiger partial charge < -0.3 is 24.8 Å². The third-order valence-corrected chi connectivity index (χ3v) is 3.44. The average molecular weight is 358 g/mol. The number of nitrogens with zero attached hydrogens (tertiary/aromatic N) is 1. The molecule has 2 aromatic rings. The molecular weight excluding hydrogens is 336 g/mol. The van der Waals surface area contributed by atoms with Gasteiger partial charge in [-0.1, -0.05) is 0 Å². The first kappa shape index (κ1) is 19.3. The van der Waals surface area contributed by atoms with Gasteiger partial charge in [-0.2, -0.15) is 0 Å². The molecule has 0 radical (unpaired) electrons. The summed E-state index contributed by atoms with van der Waals surface area (Å²) in [6, 6.07) is 11.8. The summed E-state index contributed by atoms with van der Waals surface area (Å²) in [6.07, 6.45) is -0.336. The van der Waals surface area contributed by atoms with Crippen molar-refractivity contribution in [3.63, 3.8) is 0 Å². The van der Waals surface area contributed by atoms with Crippen LogP contribution >= 0.6 is 0 Å². The standard InChI is InChI=1S/C19H22N2O5/c1-21(2)12-13-10-16(8-9-17(13)22)26-15-6-4-14(5-7-15)20-18(23)11-19(24)25-3/h4-10,22H,11-12H2,1-3H3,(H,20,23). The zero-order valence-corrected chi connectivity index (χ0v) is 15.0. The number of nitrogens with one attached hydrogen (secondary N) is 1. The molecular formula is C19H22N2O5. The number of amides is 1. The first-order valence-electron chi connectivity index (χ1n) is 7.98. The third-order valence-electron chi connectivity index (χ3n) is 3.44. The van der Waals surface area contributed by atoms with Crippen molar-refractivity contribution >= 4 is 17.6 Å². The Hall–Kier alpha value is -3.06. The highest BCUT2D eigenvalue weighted by Gasteiger charge is 2.10. The molecule has 0 fully saturated rings. The summed E-state index contributed by atoms with van der Waals surface area (Å²) in [7, 11) is 5.06. The fraction of sp³-hybridized carbons (Fsp3) is 0.263. The summed E-state index contributed by atoms with van der Waals surface area (Å²) in [6.45, 7) is 0.591. The number of ether oxygens (including phenoxy) is 2. The Morgan fingerprint density at radius 1 is 1.08 bits per heavy atom. The van der Waals surface area contributed by atoms with E-state index in [-0.39, 0.29) is 12.2 Å². The molecule has 0 aliphatic carbocycles. The number of methoxy groups -OCH3 is 1. The van der Waals surface area contributed by atoms with Crippen LogP contribution in [0.4, 0.5) is 5.69 Å². The number of anilines is 1. The van der Waals surface area contributed by atoms with Crippen molar-refractivity contribution in [2.75, 3.05) is 26.5 Å². The van der Waals surface area contributed by atoms with Crippen LogP contribution in [0, 0.1) is 0 Å². The minimum Gasteiger partial charge on any atom is -0.508 e. The molecule has 0 saturated carbocycles. The van der Waals surface area contributed by atoms with Crippen LogP contribution in [0.25, 0.3) is 0 Å². The highest BCUT2D eigenvalue weighted by Crippen LogP contribution is 2.28. The van der Waals surface area contributed by atoms with Crippen molar-refractivity contribution in [1.82, 2.24) is 4.90 Å². The Morgan fingerprint density at radius 3 is 2.35 bits per heavy atom. The number of rotatable bonds is 7. The summed E-state index contributed by atoms with van der Waals surface area (Å²) < 4.78 is 10.2. The number of benzene rings is 2. The topological polar surface area (TPSA) is 88.1 Å². The molecule has 0 heterocycles. The Balaban J connectivity index is 2.01. The number of carbonyl (C=O) groups is 2. The predicted octanol–water partition coefficient (Wildman–Crippen LogP) is 2.75. The van der Waals surface area contributed by atoms with Crippen LogP contribution in [0.1, 0.15) is 12.0 Å². The predicted molar refractivity (Wildman–Crippen MR) is 97.3 cm³/mol. The normalized spacial score (nSPS) is 10.5. The second-order valence-electron chi connectivity index (χ2n) is 5.96. The van der Waals surface area contributed by atoms with Crippen LogP contribution < -0.4 is 10.1 Å². The number of phenols is 1. The molecule has 0 saturated heterocycles. The minimum atomic E-state index is -0.594. The van der Waals surface area contributed by atoms with Crippen molar-refractivity contribution < 1.29 is 24.2 Å². The molecule has 0 spiro atoms. The van der Waals surface area contributed by atoms with E-state index in [9.17, 15) is 14.7 Å². The number of hydrogen-bond donors (Lipinski definition) is 2. The van der Waals surface area contributed by atoms with Crippen LogP contribution in [0.3, 0.4) is 0 Å². The van der Waals surface area contributed by atoms with Gasteiger partial charge in [0.25, 0.3) is 0 Å². The fourth-order valence-corrected chi connectivity index (χ4v) is 2.24. The fourth-order valence-electron chi connectivity index (χ4n) is 2.24. The first-order valence-corrected chi connectivity index (χ1v) is 7.98. The summed E-state index contributed by atoms with van der Waals surface area (Å²) >= 11 is 0. The maximum Gasteiger partial charge on any atom is 0.315 e. The Morgan fingerprint density at radius 2 is 1.73 bits per heavy atom. The van der Waals surface area contributed by atoms with Gasteiger partial charge in [-0.25, -0.2) is 0 Å². The monoisotopic (exact) mass is 358 g/mol. The second kappa shape index (κ2) is 8.87. The van der Waals surface area contributed by atoms with Crippen LogP contribution in [0.2, 0.25) is 0 Å². The minimum absolute atomic E-state index is 0.217. The molecule has 2 N–H and O–H groups in total. The van der Waals surface area contributed by atoms with Crippen molar-refractivity contribution in [3.05, 3.63) is 48.0 Å². The van der Waals surface area contributed by atoms with E-state index in [1.165, 1.54) is 7.11 Å². The van der Waals surface area contributed by atoms with Gasteiger partial charge in [0.15, 0.2) is 0 Å². The molecule has 0 aliphatic rings. The van der Waals surface area contributed by atoms with Gasteiger partial charge in [-0.15, -0.1) is 0 Å². The average Bonchev–Trinajstić information content (AvgIpc) is 2.59. The van der Waals surface area contributed by atoms with Gasteiger partial charge in [0.05, 0.1) is 7.11 Å². The Bertz CT molecular complexity index is 772. The van der Waals surface area contributed by atoms with Crippen molar-refractivity contribution in [3.8, 4) is 17.2 Å². The second-order valence-corrected chi connectivity index (χ2v) is 5.96. The lowest BCUT2D eigenvalue weighted by Gasteiger charge is -2.13. The van der Waals surface area contributed by atoms with Gasteiger partial charge in [0, 0.05) is 17.8 Å². The maximum atomic E-state index is 11.6. The number of phenolic OH excluding ortho intramolecular Hbond substituents is 1. The molecule has 2 rings (SSSR count). The number of aromatic hydroxyl groups is 1. The summed E-state index contributed by atoms with van der Waals surface area (Å²) in [5.74, 6) is 0.356. The number of esters is 1. The van der Waals surface area contributed by atoms with Crippen LogP contribution in [-0.4, -0.2) is 43.1 Å². The van der Waals surface area contributed by atoms with Crippen molar-refractivity contribution in [2.45, 2.75) is 13.0 Å². The van der Waals surface area contributed by atoms with Crippen molar-refractivity contribution in [1.29, 1.82) is 0 Å². The lowest BCUT2D eigenvalue weighted by atomic mass is 10.2. The third kappa shape index (κ3) is 5.78. The molecule has 138 valence electrons. The smallest absolute Gasteiger partial charge is 0.315 e. The summed E-state index contributed by atoms with van der Waals surface area (Å²) in [5, 5.41) is 12.5. The highest BCUT2D eigenvalue weighted by molar-refractivity contribution is 6.01. The number of carbonyl (C=O) groups excluding carboxylic acids is 2. The van der Waals surface area contributed by atoms with Crippen LogP contribution in [-0.2, 0) is 20.9 Å². The van der Waals surface area contributed by atoms with Gasteiger partial charge in [0.2, 0.25) is 5.91 Å². The zero-order valence-electron chi connectivity index (χ0n) is 15.0. The molecule has 0 aromatic heterocycles. The Kier molecular flexibility index (Phi) is 6.57. The van der Waals surface area contributed by atoms with Gasteiger partial charge in [-0.05, 0) is 56.6 Å². The molecule has 7 nitrogen and oxygen atoms in total. The van der Waals surface area contributed by atoms with Gasteiger partial charge in [-0.3, -0.25) is 9.59 Å². The lowest BCUT2D eigenvalue weighted by Crippen LogP contribution is -2.17. The van der Waals surface area contributed by atoms with E-state index < -0.39 is 11.9 Å². The lowest BCUT2D eigenvalue weighted by molar-refractivity contribution is -0.142. The van der Waals surface area contributed by atoms with Crippen molar-refractivity contribution in [2.24, 2.45) is 0 Å². The van der Waals surface area contributed by atoms with E-state index in [1.807, 2.05) is 19.0 Å². The molecule has 1 amide bonds. The van der Waals surface area contributed by atoms with E-state index in [0.29, 0.717) is 23.7 Å². The van der Waals surface area contributed by atoms with E-state index in [2.05, 4.69) is 10.1 Å². The molecule has 2 aromatic carbocycles. The van der Waals surface area contributed by atoms with E-state index in [4.69, 9.17) is 4.74 Å². The van der Waals surface area contributed by atoms with Gasteiger partial charge in [0.1, 0.15) is 23.7 Å². The van der Waals surface area contributed by atoms with E-state index in [0.717, 1.165) is 5.56 Å². The van der Waals surface area contributed by atoms with E-state index >= 15 is 0 Å². The quantitative estimate of drug-likeness (QED) is 0.584. The maximum absolute atomic E-state index is 11.6. The van der Waals surface area contributed by atoms with E-state index in [1.54, 1.807) is 42.5 Å². The van der Waals surface area contributed by atoms with Crippen LogP contribution in [0.5, 0.6) is 17.2 Å². The molecule has 7 heteroatoms.